The van der Waals surface area contributed by atoms with Crippen LogP contribution in [0, 0.1) is 13.8 Å². The van der Waals surface area contributed by atoms with E-state index >= 15 is 0 Å². The molecule has 0 aliphatic heterocycles. The summed E-state index contributed by atoms with van der Waals surface area (Å²) in [5.41, 5.74) is 3.04. The molecule has 7 nitrogen and oxygen atoms in total. The van der Waals surface area contributed by atoms with Gasteiger partial charge in [-0.3, -0.25) is 4.79 Å². The Kier molecular flexibility index (Phi) is 6.36. The van der Waals surface area contributed by atoms with E-state index in [2.05, 4.69) is 9.71 Å². The van der Waals surface area contributed by atoms with Gasteiger partial charge in [-0.1, -0.05) is 41.9 Å². The SMILES string of the molecule is Cc1cc([C@@H](C)Oc2ccc(Cl)nc2S(=O)(=O)NC2CC2)c2oc(-c3ccccc3)c(C)c(=O)c2c1. The van der Waals surface area contributed by atoms with Crippen LogP contribution in [-0.2, 0) is 10.0 Å². The Hall–Kier alpha value is -3.20. The molecular formula is C27H25ClN2O5S. The average Bonchev–Trinajstić information content (AvgIpc) is 3.66. The number of fused-ring (bicyclic) bond motifs is 1. The van der Waals surface area contributed by atoms with E-state index in [1.54, 1.807) is 19.9 Å². The monoisotopic (exact) mass is 524 g/mol. The van der Waals surface area contributed by atoms with Gasteiger partial charge >= 0.3 is 0 Å². The van der Waals surface area contributed by atoms with Crippen molar-refractivity contribution in [1.29, 1.82) is 0 Å². The van der Waals surface area contributed by atoms with Gasteiger partial charge in [-0.25, -0.2) is 18.1 Å². The van der Waals surface area contributed by atoms with Crippen LogP contribution in [0.2, 0.25) is 5.15 Å². The number of halogens is 1. The highest BCUT2D eigenvalue weighted by atomic mass is 35.5. The van der Waals surface area contributed by atoms with E-state index in [0.29, 0.717) is 27.9 Å². The van der Waals surface area contributed by atoms with Gasteiger partial charge in [0.15, 0.2) is 11.2 Å². The lowest BCUT2D eigenvalue weighted by Gasteiger charge is -2.20. The fraction of sp³-hybridized carbons (Fsp3) is 0.259. The van der Waals surface area contributed by atoms with Gasteiger partial charge in [0.1, 0.15) is 22.6 Å². The second-order valence-corrected chi connectivity index (χ2v) is 11.1. The fourth-order valence-corrected chi connectivity index (χ4v) is 5.74. The van der Waals surface area contributed by atoms with Gasteiger partial charge in [-0.05, 0) is 63.4 Å². The van der Waals surface area contributed by atoms with Crippen LogP contribution in [0.4, 0.5) is 0 Å². The highest BCUT2D eigenvalue weighted by Crippen LogP contribution is 2.35. The van der Waals surface area contributed by atoms with Crippen molar-refractivity contribution in [3.8, 4) is 17.1 Å². The van der Waals surface area contributed by atoms with E-state index < -0.39 is 16.1 Å². The number of nitrogens with one attached hydrogen (secondary N) is 1. The van der Waals surface area contributed by atoms with Crippen molar-refractivity contribution in [2.45, 2.75) is 50.8 Å². The Morgan fingerprint density at radius 2 is 1.83 bits per heavy atom. The normalized spacial score (nSPS) is 14.7. The zero-order chi connectivity index (χ0) is 25.6. The Bertz CT molecular complexity index is 1630. The minimum absolute atomic E-state index is 0.0427. The fourth-order valence-electron chi connectivity index (χ4n) is 4.15. The first kappa shape index (κ1) is 24.5. The standard InChI is InChI=1S/C27H25ClN2O5S/c1-15-13-20(26-21(14-15)24(31)16(2)25(35-26)18-7-5-4-6-8-18)17(3)34-22-11-12-23(28)29-27(22)36(32,33)30-19-9-10-19/h4-8,11-14,17,19,30H,9-10H2,1-3H3/t17-/m1/s1. The van der Waals surface area contributed by atoms with Crippen molar-refractivity contribution < 1.29 is 17.6 Å². The molecule has 5 rings (SSSR count). The van der Waals surface area contributed by atoms with Crippen LogP contribution in [0.15, 0.2) is 68.8 Å². The number of nitrogens with zero attached hydrogens (tertiary/aromatic N) is 1. The summed E-state index contributed by atoms with van der Waals surface area (Å²) in [6, 6.07) is 16.0. The summed E-state index contributed by atoms with van der Waals surface area (Å²) in [5.74, 6) is 0.544. The highest BCUT2D eigenvalue weighted by Gasteiger charge is 2.32. The Labute approximate surface area is 214 Å². The van der Waals surface area contributed by atoms with Crippen LogP contribution in [0.3, 0.4) is 0 Å². The molecule has 1 aliphatic rings. The molecule has 1 atom stereocenters. The molecule has 0 saturated heterocycles. The van der Waals surface area contributed by atoms with Gasteiger partial charge in [0, 0.05) is 22.7 Å². The summed E-state index contributed by atoms with van der Waals surface area (Å²) < 4.78 is 41.0. The van der Waals surface area contributed by atoms with Gasteiger partial charge < -0.3 is 9.15 Å². The molecule has 0 spiro atoms. The number of aryl methyl sites for hydroxylation is 1. The zero-order valence-corrected chi connectivity index (χ0v) is 21.6. The third kappa shape index (κ3) is 4.76. The summed E-state index contributed by atoms with van der Waals surface area (Å²) in [7, 11) is -3.93. The molecule has 0 bridgehead atoms. The summed E-state index contributed by atoms with van der Waals surface area (Å²) in [5, 5.41) is 0.212. The number of benzene rings is 2. The maximum Gasteiger partial charge on any atom is 0.262 e. The molecule has 2 heterocycles. The molecule has 1 saturated carbocycles. The first-order valence-electron chi connectivity index (χ1n) is 11.6. The molecule has 0 radical (unpaired) electrons. The van der Waals surface area contributed by atoms with Crippen molar-refractivity contribution >= 4 is 32.6 Å². The van der Waals surface area contributed by atoms with Gasteiger partial charge in [0.05, 0.1) is 5.39 Å². The van der Waals surface area contributed by atoms with E-state index in [1.807, 2.05) is 43.3 Å². The molecule has 2 aromatic heterocycles. The summed E-state index contributed by atoms with van der Waals surface area (Å²) >= 11 is 6.03. The van der Waals surface area contributed by atoms with Crippen molar-refractivity contribution in [2.24, 2.45) is 0 Å². The molecule has 1 N–H and O–H groups in total. The van der Waals surface area contributed by atoms with E-state index in [9.17, 15) is 13.2 Å². The number of sulfonamides is 1. The molecule has 4 aromatic rings. The number of hydrogen-bond donors (Lipinski definition) is 1. The minimum atomic E-state index is -3.93. The molecule has 186 valence electrons. The van der Waals surface area contributed by atoms with Crippen LogP contribution in [0.5, 0.6) is 5.75 Å². The van der Waals surface area contributed by atoms with Crippen molar-refractivity contribution in [3.05, 3.63) is 86.7 Å². The van der Waals surface area contributed by atoms with E-state index in [-0.39, 0.29) is 27.4 Å². The predicted molar refractivity (Wildman–Crippen MR) is 139 cm³/mol. The van der Waals surface area contributed by atoms with Crippen molar-refractivity contribution in [1.82, 2.24) is 9.71 Å². The first-order valence-corrected chi connectivity index (χ1v) is 13.5. The second-order valence-electron chi connectivity index (χ2n) is 9.08. The van der Waals surface area contributed by atoms with E-state index in [4.69, 9.17) is 20.8 Å². The van der Waals surface area contributed by atoms with Gasteiger partial charge in [0.25, 0.3) is 10.0 Å². The Morgan fingerprint density at radius 3 is 2.53 bits per heavy atom. The van der Waals surface area contributed by atoms with Crippen molar-refractivity contribution in [3.63, 3.8) is 0 Å². The summed E-state index contributed by atoms with van der Waals surface area (Å²) in [6.45, 7) is 5.41. The molecule has 0 amide bonds. The zero-order valence-electron chi connectivity index (χ0n) is 20.0. The van der Waals surface area contributed by atoms with Crippen LogP contribution in [0.1, 0.15) is 42.6 Å². The van der Waals surface area contributed by atoms with Gasteiger partial charge in [0.2, 0.25) is 5.03 Å². The number of rotatable bonds is 7. The lowest BCUT2D eigenvalue weighted by atomic mass is 10.00. The molecule has 1 aliphatic carbocycles. The first-order chi connectivity index (χ1) is 17.1. The van der Waals surface area contributed by atoms with Gasteiger partial charge in [-0.2, -0.15) is 0 Å². The Balaban J connectivity index is 1.61. The van der Waals surface area contributed by atoms with Crippen LogP contribution < -0.4 is 14.9 Å². The molecular weight excluding hydrogens is 500 g/mol. The summed E-state index contributed by atoms with van der Waals surface area (Å²) in [4.78, 5) is 17.4. The third-order valence-corrected chi connectivity index (χ3v) is 7.77. The molecule has 36 heavy (non-hydrogen) atoms. The Morgan fingerprint density at radius 1 is 1.11 bits per heavy atom. The summed E-state index contributed by atoms with van der Waals surface area (Å²) in [6.07, 6.45) is 0.896. The number of pyridine rings is 1. The quantitative estimate of drug-likeness (QED) is 0.311. The topological polar surface area (TPSA) is 98.5 Å². The van der Waals surface area contributed by atoms with Crippen LogP contribution in [-0.4, -0.2) is 19.4 Å². The second kappa shape index (κ2) is 9.35. The lowest BCUT2D eigenvalue weighted by Crippen LogP contribution is -2.27. The predicted octanol–water partition coefficient (Wildman–Crippen LogP) is 5.71. The molecule has 1 fully saturated rings. The number of hydrogen-bond acceptors (Lipinski definition) is 6. The maximum absolute atomic E-state index is 13.3. The molecule has 0 unspecified atom stereocenters. The van der Waals surface area contributed by atoms with E-state index in [0.717, 1.165) is 24.0 Å². The van der Waals surface area contributed by atoms with E-state index in [1.165, 1.54) is 12.1 Å². The van der Waals surface area contributed by atoms with Crippen LogP contribution >= 0.6 is 11.6 Å². The third-order valence-electron chi connectivity index (χ3n) is 6.11. The van der Waals surface area contributed by atoms with Crippen molar-refractivity contribution in [2.75, 3.05) is 0 Å². The smallest absolute Gasteiger partial charge is 0.262 e. The average molecular weight is 525 g/mol. The number of ether oxygens (including phenoxy) is 1. The lowest BCUT2D eigenvalue weighted by molar-refractivity contribution is 0.219. The largest absolute Gasteiger partial charge is 0.483 e. The minimum Gasteiger partial charge on any atom is -0.483 e. The van der Waals surface area contributed by atoms with Crippen LogP contribution in [0.25, 0.3) is 22.3 Å². The van der Waals surface area contributed by atoms with Gasteiger partial charge in [-0.15, -0.1) is 0 Å². The highest BCUT2D eigenvalue weighted by molar-refractivity contribution is 7.89. The molecule has 2 aromatic carbocycles. The number of aromatic nitrogens is 1. The molecule has 9 heteroatoms. The maximum atomic E-state index is 13.3.